The van der Waals surface area contributed by atoms with E-state index in [9.17, 15) is 9.59 Å². The van der Waals surface area contributed by atoms with E-state index >= 15 is 0 Å². The quantitative estimate of drug-likeness (QED) is 0.664. The third-order valence-corrected chi connectivity index (χ3v) is 6.68. The van der Waals surface area contributed by atoms with Gasteiger partial charge in [-0.2, -0.15) is 0 Å². The summed E-state index contributed by atoms with van der Waals surface area (Å²) in [5, 5.41) is 0.830. The van der Waals surface area contributed by atoms with Gasteiger partial charge in [-0.3, -0.25) is 9.59 Å². The van der Waals surface area contributed by atoms with Gasteiger partial charge in [-0.25, -0.2) is 4.98 Å². The van der Waals surface area contributed by atoms with Gasteiger partial charge < -0.3 is 14.5 Å². The van der Waals surface area contributed by atoms with Crippen LogP contribution in [0.1, 0.15) is 23.2 Å². The molecule has 1 spiro atoms. The fourth-order valence-electron chi connectivity index (χ4n) is 5.30. The third-order valence-electron chi connectivity index (χ3n) is 6.68. The second-order valence-corrected chi connectivity index (χ2v) is 8.15. The number of likely N-dealkylation sites (tertiary alicyclic amines) is 1. The van der Waals surface area contributed by atoms with Gasteiger partial charge in [0.2, 0.25) is 5.91 Å². The molecule has 3 aromatic rings. The molecule has 3 aliphatic heterocycles. The van der Waals surface area contributed by atoms with E-state index in [1.165, 1.54) is 0 Å². The van der Waals surface area contributed by atoms with Gasteiger partial charge >= 0.3 is 0 Å². The standard InChI is InChI=1S/C24H21N3O3/c28-22-15-21-24(27(22)12-13-30-24)10-11-26(21)23(29)18-14-20(16-6-2-1-3-7-16)25-19-9-5-4-8-17(18)19/h1-9,14,21H,10-13,15H2/t21-,24+/m1/s1. The van der Waals surface area contributed by atoms with Gasteiger partial charge in [0.1, 0.15) is 0 Å². The highest BCUT2D eigenvalue weighted by molar-refractivity contribution is 6.07. The largest absolute Gasteiger partial charge is 0.351 e. The maximum Gasteiger partial charge on any atom is 0.255 e. The Hall–Kier alpha value is -3.25. The van der Waals surface area contributed by atoms with E-state index in [0.717, 1.165) is 22.2 Å². The number of benzene rings is 2. The Labute approximate surface area is 174 Å². The Morgan fingerprint density at radius 1 is 1.07 bits per heavy atom. The molecule has 0 bridgehead atoms. The molecular weight excluding hydrogens is 378 g/mol. The molecule has 2 amide bonds. The number of carbonyl (C=O) groups excluding carboxylic acids is 2. The molecule has 2 atom stereocenters. The maximum atomic E-state index is 13.8. The molecule has 4 heterocycles. The third kappa shape index (κ3) is 2.37. The van der Waals surface area contributed by atoms with Crippen molar-refractivity contribution in [2.45, 2.75) is 24.6 Å². The van der Waals surface area contributed by atoms with Crippen molar-refractivity contribution in [1.82, 2.24) is 14.8 Å². The second kappa shape index (κ2) is 6.37. The zero-order valence-electron chi connectivity index (χ0n) is 16.5. The number of ether oxygens (including phenoxy) is 1. The fourth-order valence-corrected chi connectivity index (χ4v) is 5.30. The highest BCUT2D eigenvalue weighted by atomic mass is 16.5. The summed E-state index contributed by atoms with van der Waals surface area (Å²) in [6.45, 7) is 1.75. The summed E-state index contributed by atoms with van der Waals surface area (Å²) in [5.74, 6) is 0.0253. The number of amides is 2. The first-order valence-electron chi connectivity index (χ1n) is 10.4. The Morgan fingerprint density at radius 2 is 1.87 bits per heavy atom. The smallest absolute Gasteiger partial charge is 0.255 e. The lowest BCUT2D eigenvalue weighted by Crippen LogP contribution is -2.48. The van der Waals surface area contributed by atoms with Gasteiger partial charge in [0.25, 0.3) is 5.91 Å². The Morgan fingerprint density at radius 3 is 2.73 bits per heavy atom. The Balaban J connectivity index is 1.45. The first-order valence-corrected chi connectivity index (χ1v) is 10.4. The first-order chi connectivity index (χ1) is 14.7. The minimum Gasteiger partial charge on any atom is -0.351 e. The van der Waals surface area contributed by atoms with Crippen LogP contribution in [-0.2, 0) is 9.53 Å². The minimum atomic E-state index is -0.627. The van der Waals surface area contributed by atoms with Gasteiger partial charge in [-0.05, 0) is 12.1 Å². The highest BCUT2D eigenvalue weighted by Crippen LogP contribution is 2.46. The van der Waals surface area contributed by atoms with Crippen molar-refractivity contribution >= 4 is 22.7 Å². The van der Waals surface area contributed by atoms with Crippen LogP contribution < -0.4 is 0 Å². The number of rotatable bonds is 2. The number of hydrogen-bond donors (Lipinski definition) is 0. The molecule has 150 valence electrons. The summed E-state index contributed by atoms with van der Waals surface area (Å²) in [6, 6.07) is 19.3. The van der Waals surface area contributed by atoms with E-state index in [1.54, 1.807) is 0 Å². The molecular formula is C24H21N3O3. The maximum absolute atomic E-state index is 13.8. The van der Waals surface area contributed by atoms with Crippen LogP contribution in [0.25, 0.3) is 22.2 Å². The van der Waals surface area contributed by atoms with Crippen LogP contribution >= 0.6 is 0 Å². The highest BCUT2D eigenvalue weighted by Gasteiger charge is 2.62. The lowest BCUT2D eigenvalue weighted by molar-refractivity contribution is -0.136. The lowest BCUT2D eigenvalue weighted by Gasteiger charge is -2.31. The van der Waals surface area contributed by atoms with Gasteiger partial charge in [0, 0.05) is 30.5 Å². The molecule has 0 N–H and O–H groups in total. The van der Waals surface area contributed by atoms with Gasteiger partial charge in [0.15, 0.2) is 5.72 Å². The van der Waals surface area contributed by atoms with Crippen LogP contribution in [0.3, 0.4) is 0 Å². The molecule has 3 saturated heterocycles. The van der Waals surface area contributed by atoms with E-state index in [4.69, 9.17) is 9.72 Å². The van der Waals surface area contributed by atoms with Gasteiger partial charge in [-0.1, -0.05) is 48.5 Å². The van der Waals surface area contributed by atoms with Crippen molar-refractivity contribution in [1.29, 1.82) is 0 Å². The van der Waals surface area contributed by atoms with Crippen LogP contribution in [0.5, 0.6) is 0 Å². The van der Waals surface area contributed by atoms with Gasteiger partial charge in [-0.15, -0.1) is 0 Å². The summed E-state index contributed by atoms with van der Waals surface area (Å²) in [7, 11) is 0. The summed E-state index contributed by atoms with van der Waals surface area (Å²) >= 11 is 0. The number of pyridine rings is 1. The average molecular weight is 399 g/mol. The van der Waals surface area contributed by atoms with Crippen molar-refractivity contribution in [3.05, 3.63) is 66.2 Å². The van der Waals surface area contributed by atoms with E-state index in [-0.39, 0.29) is 17.9 Å². The molecule has 3 aliphatic rings. The number of hydrogen-bond acceptors (Lipinski definition) is 4. The molecule has 6 nitrogen and oxygen atoms in total. The fraction of sp³-hybridized carbons (Fsp3) is 0.292. The number of para-hydroxylation sites is 1. The zero-order chi connectivity index (χ0) is 20.3. The molecule has 0 saturated carbocycles. The van der Waals surface area contributed by atoms with Crippen LogP contribution in [0.4, 0.5) is 0 Å². The summed E-state index contributed by atoms with van der Waals surface area (Å²) in [5.41, 5.74) is 2.53. The van der Waals surface area contributed by atoms with Crippen molar-refractivity contribution < 1.29 is 14.3 Å². The Kier molecular flexibility index (Phi) is 3.74. The monoisotopic (exact) mass is 399 g/mol. The second-order valence-electron chi connectivity index (χ2n) is 8.15. The average Bonchev–Trinajstić information content (AvgIpc) is 3.44. The lowest BCUT2D eigenvalue weighted by atomic mass is 10.0. The van der Waals surface area contributed by atoms with Crippen LogP contribution in [-0.4, -0.2) is 58.1 Å². The van der Waals surface area contributed by atoms with Crippen LogP contribution in [0, 0.1) is 0 Å². The summed E-state index contributed by atoms with van der Waals surface area (Å²) in [6.07, 6.45) is 1.00. The van der Waals surface area contributed by atoms with Crippen molar-refractivity contribution in [3.8, 4) is 11.3 Å². The number of carbonyl (C=O) groups is 2. The zero-order valence-corrected chi connectivity index (χ0v) is 16.5. The van der Waals surface area contributed by atoms with Crippen LogP contribution in [0.15, 0.2) is 60.7 Å². The predicted octanol–water partition coefficient (Wildman–Crippen LogP) is 3.08. The number of nitrogens with zero attached hydrogens (tertiary/aromatic N) is 3. The van der Waals surface area contributed by atoms with Crippen molar-refractivity contribution in [2.24, 2.45) is 0 Å². The topological polar surface area (TPSA) is 62.7 Å². The van der Waals surface area contributed by atoms with E-state index < -0.39 is 5.72 Å². The van der Waals surface area contributed by atoms with E-state index in [1.807, 2.05) is 70.5 Å². The molecule has 0 radical (unpaired) electrons. The summed E-state index contributed by atoms with van der Waals surface area (Å²) < 4.78 is 6.05. The number of fused-ring (bicyclic) bond motifs is 1. The SMILES string of the molecule is O=C(c1cc(-c2ccccc2)nc2ccccc12)N1CC[C@@]23OCCN2C(=O)C[C@@H]13. The molecule has 6 rings (SSSR count). The van der Waals surface area contributed by atoms with Crippen LogP contribution in [0.2, 0.25) is 0 Å². The number of aromatic nitrogens is 1. The molecule has 30 heavy (non-hydrogen) atoms. The molecule has 0 aliphatic carbocycles. The summed E-state index contributed by atoms with van der Waals surface area (Å²) in [4.78, 5) is 34.8. The Bertz CT molecular complexity index is 1180. The van der Waals surface area contributed by atoms with Crippen molar-refractivity contribution in [2.75, 3.05) is 19.7 Å². The van der Waals surface area contributed by atoms with E-state index in [2.05, 4.69) is 0 Å². The molecule has 6 heteroatoms. The molecule has 3 fully saturated rings. The molecule has 0 unspecified atom stereocenters. The first kappa shape index (κ1) is 17.6. The van der Waals surface area contributed by atoms with E-state index in [0.29, 0.717) is 38.1 Å². The molecule has 1 aromatic heterocycles. The van der Waals surface area contributed by atoms with Crippen molar-refractivity contribution in [3.63, 3.8) is 0 Å². The van der Waals surface area contributed by atoms with Gasteiger partial charge in [0.05, 0.1) is 35.8 Å². The minimum absolute atomic E-state index is 0.0576. The molecule has 2 aromatic carbocycles. The normalized spacial score (nSPS) is 25.1. The predicted molar refractivity (Wildman–Crippen MR) is 112 cm³/mol.